The summed E-state index contributed by atoms with van der Waals surface area (Å²) in [5, 5.41) is 17.4. The summed E-state index contributed by atoms with van der Waals surface area (Å²) in [5.74, 6) is -1.98. The van der Waals surface area contributed by atoms with Crippen molar-refractivity contribution < 1.29 is 84.0 Å². The molecule has 5 atom stereocenters. The summed E-state index contributed by atoms with van der Waals surface area (Å²) in [6, 6.07) is 16.5. The molecular weight excluding hydrogens is 3040 g/mol. The van der Waals surface area contributed by atoms with Gasteiger partial charge in [0.2, 0.25) is 0 Å². The number of nitrogens with zero attached hydrogens (tertiary/aromatic N) is 6. The molecule has 0 fully saturated rings. The van der Waals surface area contributed by atoms with E-state index in [0.29, 0.717) is 32.1 Å². The molecule has 6 heterocycles. The average Bonchev–Trinajstić information content (AvgIpc) is 1.69. The molecule has 6 aliphatic heterocycles. The van der Waals surface area contributed by atoms with Crippen molar-refractivity contribution in [1.29, 1.82) is 0 Å². The Morgan fingerprint density at radius 1 is 0.321 bits per heavy atom. The summed E-state index contributed by atoms with van der Waals surface area (Å²) in [5.41, 5.74) is 19.2. The Kier molecular flexibility index (Phi) is 48.1. The van der Waals surface area contributed by atoms with Gasteiger partial charge in [-0.1, -0.05) is 125 Å². The zero-order valence-corrected chi connectivity index (χ0v) is 105. The van der Waals surface area contributed by atoms with Gasteiger partial charge in [-0.25, -0.2) is 0 Å². The van der Waals surface area contributed by atoms with Crippen LogP contribution in [0.5, 0.6) is 0 Å². The Labute approximate surface area is 925 Å². The Bertz CT molecular complexity index is 5950. The van der Waals surface area contributed by atoms with Crippen molar-refractivity contribution in [2.24, 2.45) is 30.0 Å². The summed E-state index contributed by atoms with van der Waals surface area (Å²) in [6.45, 7) is 27.6. The number of carboxylic acid groups (broad SMARTS) is 2. The molecule has 12 rings (SSSR count). The lowest BCUT2D eigenvalue weighted by atomic mass is 9.76. The third-order valence-electron chi connectivity index (χ3n) is 23.8. The predicted octanol–water partition coefficient (Wildman–Crippen LogP) is 30.1. The second-order valence-electron chi connectivity index (χ2n) is 33.1. The van der Waals surface area contributed by atoms with Crippen LogP contribution in [-0.4, -0.2) is 138 Å². The number of halogens is 16. The fraction of sp³-hybridized carbons (Fsp3) is 0.482. The lowest BCUT2D eigenvalue weighted by Gasteiger charge is -2.28. The van der Waals surface area contributed by atoms with Gasteiger partial charge in [-0.15, -0.1) is 25.3 Å². The van der Waals surface area contributed by atoms with Crippen LogP contribution in [0.25, 0.3) is 0 Å². The highest BCUT2D eigenvalue weighted by Gasteiger charge is 2.45. The number of fused-ring (bicyclic) bond motifs is 6. The van der Waals surface area contributed by atoms with Crippen LogP contribution in [0.15, 0.2) is 132 Å². The smallest absolute Gasteiger partial charge is 0.425 e. The number of rotatable bonds is 27. The van der Waals surface area contributed by atoms with Crippen molar-refractivity contribution in [2.45, 2.75) is 244 Å². The monoisotopic (exact) mass is 3120 g/mol. The molecule has 25 nitrogen and oxygen atoms in total. The van der Waals surface area contributed by atoms with Gasteiger partial charge in [0, 0.05) is 181 Å². The van der Waals surface area contributed by atoms with E-state index in [1.807, 2.05) is 45.0 Å². The maximum absolute atomic E-state index is 10.8. The van der Waals surface area contributed by atoms with Crippen LogP contribution < -0.4 is 0 Å². The van der Waals surface area contributed by atoms with Gasteiger partial charge in [0.15, 0.2) is 0 Å². The lowest BCUT2D eigenvalue weighted by molar-refractivity contribution is -0.138. The quantitative estimate of drug-likeness (QED) is 0.0138. The number of aliphatic imine (C=N–C) groups is 6. The first-order valence-electron chi connectivity index (χ1n) is 40.1. The molecule has 722 valence electrons. The fourth-order valence-electron chi connectivity index (χ4n) is 15.8. The van der Waals surface area contributed by atoms with Crippen molar-refractivity contribution in [3.05, 3.63) is 150 Å². The first-order chi connectivity index (χ1) is 60.2. The molecule has 0 amide bonds. The highest BCUT2D eigenvalue weighted by molar-refractivity contribution is 14.1. The number of hydrogen-bond donors (Lipinski definition) is 5. The zero-order valence-electron chi connectivity index (χ0n) is 72.9. The van der Waals surface area contributed by atoms with Crippen LogP contribution in [0.4, 0.5) is 34.1 Å². The largest absolute Gasteiger partial charge is 0.481 e. The molecule has 46 heteroatoms. The minimum Gasteiger partial charge on any atom is -0.481 e. The molecule has 0 radical (unpaired) electrons. The molecule has 5 N–H and O–H groups in total. The topological polar surface area (TPSA) is 414 Å². The summed E-state index contributed by atoms with van der Waals surface area (Å²) >= 11 is 52.4. The van der Waals surface area contributed by atoms with Crippen molar-refractivity contribution in [1.82, 2.24) is 0 Å². The summed E-state index contributed by atoms with van der Waals surface area (Å²) in [6.07, 6.45) is 13.8. The molecular formula is C85H96Br12I4N6O19S5. The minimum absolute atomic E-state index is 0.0113. The summed E-state index contributed by atoms with van der Waals surface area (Å²) < 4.78 is 159. The lowest BCUT2D eigenvalue weighted by Crippen LogP contribution is -2.28. The Morgan fingerprint density at radius 3 is 0.931 bits per heavy atom. The molecule has 0 saturated heterocycles. The number of carboxylic acids is 2. The van der Waals surface area contributed by atoms with E-state index < -0.39 is 63.5 Å². The van der Waals surface area contributed by atoms with Crippen molar-refractivity contribution >= 4 is 413 Å². The normalized spacial score (nSPS) is 19.4. The molecule has 6 aromatic carbocycles. The summed E-state index contributed by atoms with van der Waals surface area (Å²) in [4.78, 5) is 49.3. The van der Waals surface area contributed by atoms with E-state index in [0.717, 1.165) is 210 Å². The second-order valence-corrected chi connectivity index (χ2v) is 53.2. The van der Waals surface area contributed by atoms with Crippen LogP contribution >= 0.6 is 282 Å². The number of unbranched alkanes of at least 4 members (excludes halogenated alkanes) is 7. The minimum atomic E-state index is -3.89. The van der Waals surface area contributed by atoms with Crippen LogP contribution in [0, 0.1) is 14.3 Å². The molecule has 0 saturated carbocycles. The van der Waals surface area contributed by atoms with Crippen LogP contribution in [-0.2, 0) is 93.7 Å². The van der Waals surface area contributed by atoms with Crippen LogP contribution in [0.1, 0.15) is 245 Å². The highest BCUT2D eigenvalue weighted by Crippen LogP contribution is 2.56. The van der Waals surface area contributed by atoms with E-state index >= 15 is 0 Å². The molecule has 5 unspecified atom stereocenters. The number of aliphatic carboxylic acids is 2. The van der Waals surface area contributed by atoms with Gasteiger partial charge in [0.1, 0.15) is 0 Å². The highest BCUT2D eigenvalue weighted by atomic mass is 127. The number of benzene rings is 6. The molecule has 6 aromatic rings. The average molecular weight is 3130 g/mol. The molecule has 0 bridgehead atoms. The van der Waals surface area contributed by atoms with Gasteiger partial charge < -0.3 is 10.2 Å². The first kappa shape index (κ1) is 121. The predicted molar refractivity (Wildman–Crippen MR) is 600 cm³/mol. The maximum Gasteiger partial charge on any atom is 0.425 e. The standard InChI is InChI=1S/C16H18Br3NO2.C16H18BrI2NO2.C14H16Br3NO3S.C14H17Br2NO3S.C14H17I2NO3S.C11H10Br3N.2O3S/c1-9-16(2,7-5-3-4-6-12(21)22)13-11(20-9)8-10(17)14(18)15(13)19;1-9-16(2,7-5-3-4-6-12(21)22)13-11(20-9)8-10(18)14(17)15(13)19;1-8-14(2,5-3-4-6-22(19,20)21)11-10(18-8)7-9(15)12(16)13(11)17;2*1-9-14(2,5-3-4-6-21(18,19)20)13-11(16)7-10(15)8-12(13)17-9;1-5-11(2,3)8-7(15-5)4-6(12)9(13)10(8)14;2*1-4(2)3/h2*8H,3-7H2,1-2H3,(H,21,22);7H,3-6H2,1-2H3,(H,19,20,21);2*7-8H,3-6H2,1-2H3,(H,18,19,20);4H,1-3H3;;. The zero-order chi connectivity index (χ0) is 99.9. The SMILES string of the molecule is CC1=Nc2cc(Br)c(Br)c(Br)c2C1(C)C.CC1=Nc2cc(Br)c(Br)c(Br)c2C1(C)CCCCCC(=O)O.CC1=Nc2cc(Br)c(Br)c(Br)c2C1(C)CCCCS(=O)(=O)O.CC1=Nc2cc(Br)cc(Br)c2C1(C)CCCCS(=O)(=O)O.CC1=Nc2cc(I)c(Br)c(I)c2C1(C)CCCCCC(=O)O.CC1=Nc2cc(I)cc(I)c2C1(C)CCCCS(=O)(=O)O.O=S(=O)=O.O=S(=O)=O. The number of hydrogen-bond acceptors (Lipinski definition) is 20. The maximum atomic E-state index is 10.8. The van der Waals surface area contributed by atoms with Gasteiger partial charge in [0.25, 0.3) is 30.4 Å². The summed E-state index contributed by atoms with van der Waals surface area (Å²) in [7, 11) is -17.8. The Balaban J connectivity index is 0.000000274. The van der Waals surface area contributed by atoms with E-state index in [1.54, 1.807) is 0 Å². The third-order valence-corrected chi connectivity index (χ3v) is 42.9. The molecule has 131 heavy (non-hydrogen) atoms. The molecule has 0 aliphatic carbocycles. The first-order valence-corrected chi connectivity index (χ1v) is 60.7. The van der Waals surface area contributed by atoms with Crippen molar-refractivity contribution in [2.75, 3.05) is 17.3 Å². The van der Waals surface area contributed by atoms with E-state index in [4.69, 9.17) is 64.1 Å². The second kappa shape index (κ2) is 51.9. The molecule has 6 aliphatic rings. The Morgan fingerprint density at radius 2 is 0.595 bits per heavy atom. The van der Waals surface area contributed by atoms with E-state index in [9.17, 15) is 34.8 Å². The van der Waals surface area contributed by atoms with E-state index in [-0.39, 0.29) is 62.6 Å². The van der Waals surface area contributed by atoms with Crippen LogP contribution in [0.3, 0.4) is 0 Å². The van der Waals surface area contributed by atoms with Gasteiger partial charge in [-0.2, -0.15) is 25.3 Å². The van der Waals surface area contributed by atoms with Crippen molar-refractivity contribution in [3.8, 4) is 0 Å². The molecule has 0 aromatic heterocycles. The molecule has 0 spiro atoms. The van der Waals surface area contributed by atoms with Gasteiger partial charge in [-0.3, -0.25) is 53.2 Å². The Hall–Kier alpha value is -0.0700. The third kappa shape index (κ3) is 33.2. The van der Waals surface area contributed by atoms with Gasteiger partial charge >= 0.3 is 33.2 Å². The van der Waals surface area contributed by atoms with E-state index in [2.05, 4.69) is 390 Å². The van der Waals surface area contributed by atoms with Gasteiger partial charge in [-0.05, 0) is 404 Å². The van der Waals surface area contributed by atoms with E-state index in [1.165, 1.54) is 36.5 Å². The van der Waals surface area contributed by atoms with Gasteiger partial charge in [0.05, 0.1) is 51.4 Å². The number of carbonyl (C=O) groups is 2. The van der Waals surface area contributed by atoms with Crippen molar-refractivity contribution in [3.63, 3.8) is 0 Å². The fourth-order valence-corrected chi connectivity index (χ4v) is 29.8. The van der Waals surface area contributed by atoms with Crippen LogP contribution in [0.2, 0.25) is 0 Å².